The number of rotatable bonds is 3. The zero-order valence-corrected chi connectivity index (χ0v) is 8.59. The first-order valence-electron chi connectivity index (χ1n) is 4.83. The van der Waals surface area contributed by atoms with E-state index in [2.05, 4.69) is 9.97 Å². The minimum absolute atomic E-state index is 0.0428. The summed E-state index contributed by atoms with van der Waals surface area (Å²) in [5.41, 5.74) is 1.97. The summed E-state index contributed by atoms with van der Waals surface area (Å²) < 4.78 is 1.89. The molecule has 0 aliphatic heterocycles. The van der Waals surface area contributed by atoms with Gasteiger partial charge in [-0.15, -0.1) is 0 Å². The third-order valence-electron chi connectivity index (χ3n) is 2.22. The number of pyridine rings is 1. The van der Waals surface area contributed by atoms with Gasteiger partial charge in [0, 0.05) is 18.1 Å². The highest BCUT2D eigenvalue weighted by Crippen LogP contribution is 2.04. The summed E-state index contributed by atoms with van der Waals surface area (Å²) in [6, 6.07) is 5.91. The van der Waals surface area contributed by atoms with E-state index in [1.54, 1.807) is 6.20 Å². The average molecular weight is 203 g/mol. The molecule has 2 rings (SSSR count). The Morgan fingerprint density at radius 3 is 3.00 bits per heavy atom. The Labute approximate surface area is 88.2 Å². The van der Waals surface area contributed by atoms with Crippen molar-refractivity contribution in [3.8, 4) is 0 Å². The van der Waals surface area contributed by atoms with Crippen LogP contribution in [-0.2, 0) is 13.2 Å². The molecule has 2 aromatic rings. The van der Waals surface area contributed by atoms with Crippen LogP contribution in [0.25, 0.3) is 0 Å². The lowest BCUT2D eigenvalue weighted by atomic mass is 10.3. The third-order valence-corrected chi connectivity index (χ3v) is 2.22. The fraction of sp³-hybridized carbons (Fsp3) is 0.273. The van der Waals surface area contributed by atoms with Crippen molar-refractivity contribution in [1.82, 2.24) is 14.5 Å². The summed E-state index contributed by atoms with van der Waals surface area (Å²) in [6.07, 6.45) is 3.52. The summed E-state index contributed by atoms with van der Waals surface area (Å²) in [5, 5.41) is 9.04. The molecule has 15 heavy (non-hydrogen) atoms. The quantitative estimate of drug-likeness (QED) is 0.813. The Morgan fingerprint density at radius 1 is 1.40 bits per heavy atom. The molecule has 0 unspecified atom stereocenters. The first kappa shape index (κ1) is 9.86. The highest BCUT2D eigenvalue weighted by atomic mass is 16.3. The highest BCUT2D eigenvalue weighted by Gasteiger charge is 2.02. The zero-order valence-electron chi connectivity index (χ0n) is 8.59. The molecule has 0 fully saturated rings. The van der Waals surface area contributed by atoms with E-state index in [9.17, 15) is 0 Å². The predicted octanol–water partition coefficient (Wildman–Crippen LogP) is 1.13. The van der Waals surface area contributed by atoms with Crippen LogP contribution in [0.15, 0.2) is 30.6 Å². The van der Waals surface area contributed by atoms with Crippen molar-refractivity contribution in [2.24, 2.45) is 0 Å². The van der Waals surface area contributed by atoms with E-state index in [4.69, 9.17) is 5.11 Å². The molecule has 0 bridgehead atoms. The minimum atomic E-state index is -0.0428. The molecule has 0 aromatic carbocycles. The van der Waals surface area contributed by atoms with Crippen LogP contribution in [0, 0.1) is 6.92 Å². The van der Waals surface area contributed by atoms with Gasteiger partial charge in [0.1, 0.15) is 12.4 Å². The second kappa shape index (κ2) is 4.23. The Morgan fingerprint density at radius 2 is 2.27 bits per heavy atom. The van der Waals surface area contributed by atoms with Crippen LogP contribution in [0.3, 0.4) is 0 Å². The van der Waals surface area contributed by atoms with Crippen LogP contribution in [0.1, 0.15) is 17.2 Å². The summed E-state index contributed by atoms with van der Waals surface area (Å²) in [7, 11) is 0. The van der Waals surface area contributed by atoms with Gasteiger partial charge in [0.05, 0.1) is 12.2 Å². The normalized spacial score (nSPS) is 10.5. The zero-order chi connectivity index (χ0) is 10.7. The molecule has 0 aliphatic rings. The van der Waals surface area contributed by atoms with E-state index in [1.165, 1.54) is 0 Å². The Kier molecular flexibility index (Phi) is 2.78. The largest absolute Gasteiger partial charge is 0.388 e. The van der Waals surface area contributed by atoms with Gasteiger partial charge in [0.15, 0.2) is 0 Å². The van der Waals surface area contributed by atoms with Crippen molar-refractivity contribution in [2.45, 2.75) is 20.1 Å². The summed E-state index contributed by atoms with van der Waals surface area (Å²) in [6.45, 7) is 2.57. The Balaban J connectivity index is 2.22. The molecule has 0 saturated carbocycles. The first-order valence-corrected chi connectivity index (χ1v) is 4.83. The fourth-order valence-corrected chi connectivity index (χ4v) is 1.50. The van der Waals surface area contributed by atoms with Crippen LogP contribution in [0.2, 0.25) is 0 Å². The summed E-state index contributed by atoms with van der Waals surface area (Å²) in [5.74, 6) is 0.665. The van der Waals surface area contributed by atoms with Crippen molar-refractivity contribution in [1.29, 1.82) is 0 Å². The topological polar surface area (TPSA) is 50.9 Å². The first-order chi connectivity index (χ1) is 7.29. The van der Waals surface area contributed by atoms with Gasteiger partial charge in [0.2, 0.25) is 0 Å². The van der Waals surface area contributed by atoms with Gasteiger partial charge < -0.3 is 9.67 Å². The molecule has 1 N–H and O–H groups in total. The predicted molar refractivity (Wildman–Crippen MR) is 56.2 cm³/mol. The number of nitrogens with zero attached hydrogens (tertiary/aromatic N) is 3. The van der Waals surface area contributed by atoms with E-state index < -0.39 is 0 Å². The maximum Gasteiger partial charge on any atom is 0.134 e. The van der Waals surface area contributed by atoms with Crippen LogP contribution in [0.5, 0.6) is 0 Å². The summed E-state index contributed by atoms with van der Waals surface area (Å²) >= 11 is 0. The molecule has 0 amide bonds. The SMILES string of the molecule is Cc1cccc(Cn2ccnc2CO)n1. The smallest absolute Gasteiger partial charge is 0.134 e. The highest BCUT2D eigenvalue weighted by molar-refractivity contribution is 5.11. The minimum Gasteiger partial charge on any atom is -0.388 e. The van der Waals surface area contributed by atoms with E-state index >= 15 is 0 Å². The molecule has 0 saturated heterocycles. The molecule has 78 valence electrons. The van der Waals surface area contributed by atoms with Gasteiger partial charge in [-0.3, -0.25) is 4.98 Å². The lowest BCUT2D eigenvalue weighted by Crippen LogP contribution is -2.05. The standard InChI is InChI=1S/C11H13N3O/c1-9-3-2-4-10(13-9)7-14-6-5-12-11(14)8-15/h2-6,15H,7-8H2,1H3. The third kappa shape index (κ3) is 2.22. The van der Waals surface area contributed by atoms with Gasteiger partial charge >= 0.3 is 0 Å². The van der Waals surface area contributed by atoms with E-state index in [-0.39, 0.29) is 6.61 Å². The average Bonchev–Trinajstić information content (AvgIpc) is 2.65. The number of imidazole rings is 1. The lowest BCUT2D eigenvalue weighted by Gasteiger charge is -2.05. The molecule has 2 heterocycles. The number of aryl methyl sites for hydroxylation is 1. The second-order valence-electron chi connectivity index (χ2n) is 3.40. The number of aromatic nitrogens is 3. The molecular formula is C11H13N3O. The number of aliphatic hydroxyl groups is 1. The molecule has 0 atom stereocenters. The van der Waals surface area contributed by atoms with Crippen molar-refractivity contribution in [2.75, 3.05) is 0 Å². The van der Waals surface area contributed by atoms with Crippen LogP contribution < -0.4 is 0 Å². The number of hydrogen-bond acceptors (Lipinski definition) is 3. The lowest BCUT2D eigenvalue weighted by molar-refractivity contribution is 0.266. The van der Waals surface area contributed by atoms with Gasteiger partial charge in [-0.2, -0.15) is 0 Å². The molecule has 0 aliphatic carbocycles. The van der Waals surface area contributed by atoms with Crippen LogP contribution in [0.4, 0.5) is 0 Å². The van der Waals surface area contributed by atoms with Gasteiger partial charge in [0.25, 0.3) is 0 Å². The monoisotopic (exact) mass is 203 g/mol. The number of hydrogen-bond donors (Lipinski definition) is 1. The maximum atomic E-state index is 9.04. The number of aliphatic hydroxyl groups excluding tert-OH is 1. The molecule has 0 spiro atoms. The van der Waals surface area contributed by atoms with E-state index in [0.717, 1.165) is 11.4 Å². The molecular weight excluding hydrogens is 190 g/mol. The second-order valence-corrected chi connectivity index (χ2v) is 3.40. The van der Waals surface area contributed by atoms with Crippen LogP contribution >= 0.6 is 0 Å². The van der Waals surface area contributed by atoms with Crippen molar-refractivity contribution >= 4 is 0 Å². The van der Waals surface area contributed by atoms with E-state index in [1.807, 2.05) is 35.9 Å². The van der Waals surface area contributed by atoms with Gasteiger partial charge in [-0.05, 0) is 19.1 Å². The molecule has 4 nitrogen and oxygen atoms in total. The van der Waals surface area contributed by atoms with Crippen LogP contribution in [-0.4, -0.2) is 19.6 Å². The molecule has 0 radical (unpaired) electrons. The van der Waals surface area contributed by atoms with E-state index in [0.29, 0.717) is 12.4 Å². The van der Waals surface area contributed by atoms with Gasteiger partial charge in [-0.25, -0.2) is 4.98 Å². The summed E-state index contributed by atoms with van der Waals surface area (Å²) in [4.78, 5) is 8.43. The van der Waals surface area contributed by atoms with Gasteiger partial charge in [-0.1, -0.05) is 6.07 Å². The van der Waals surface area contributed by atoms with Crippen molar-refractivity contribution in [3.05, 3.63) is 47.8 Å². The molecule has 2 aromatic heterocycles. The Hall–Kier alpha value is -1.68. The van der Waals surface area contributed by atoms with Crippen molar-refractivity contribution < 1.29 is 5.11 Å². The maximum absolute atomic E-state index is 9.04. The Bertz CT molecular complexity index is 451. The fourth-order valence-electron chi connectivity index (χ4n) is 1.50. The van der Waals surface area contributed by atoms with Crippen molar-refractivity contribution in [3.63, 3.8) is 0 Å². The molecule has 4 heteroatoms.